The summed E-state index contributed by atoms with van der Waals surface area (Å²) >= 11 is 3.76. The number of hydrogen-bond acceptors (Lipinski definition) is 42. The molecule has 16 atom stereocenters. The van der Waals surface area contributed by atoms with Crippen molar-refractivity contribution < 1.29 is 212 Å². The number of carbonyl (C=O) groups is 18. The van der Waals surface area contributed by atoms with Crippen LogP contribution in [0, 0.1) is 13.7 Å². The minimum atomic E-state index is -2.08. The van der Waals surface area contributed by atoms with Crippen molar-refractivity contribution >= 4 is 176 Å². The second kappa shape index (κ2) is 53.1. The summed E-state index contributed by atoms with van der Waals surface area (Å²) in [5, 5.41) is 215. The summed E-state index contributed by atoms with van der Waals surface area (Å²) < 4.78 is 21.0. The number of nitrogens with zero attached hydrogens (tertiary/aromatic N) is 1. The number of ether oxygens (including phenoxy) is 4. The van der Waals surface area contributed by atoms with E-state index in [4.69, 9.17) is 88.6 Å². The molecule has 2 aliphatic rings. The number of nitro benzene ring substituents is 1. The van der Waals surface area contributed by atoms with Gasteiger partial charge in [0.15, 0.2) is 12.2 Å². The molecule has 2 saturated heterocycles. The van der Waals surface area contributed by atoms with Crippen LogP contribution in [0.2, 0.25) is 0 Å². The van der Waals surface area contributed by atoms with Crippen molar-refractivity contribution in [2.75, 3.05) is 42.4 Å². The third-order valence-corrected chi connectivity index (χ3v) is 21.5. The number of aliphatic hydroxyl groups is 6. The molecule has 2 fully saturated rings. The number of phenolic OH excluding ortho intramolecular Hbond substituents is 4. The maximum Gasteiger partial charge on any atom is 0.340 e. The molecule has 6 rings (SSSR count). The summed E-state index contributed by atoms with van der Waals surface area (Å²) in [5.41, 5.74) is 26.8. The Morgan fingerprint density at radius 3 is 1.17 bits per heavy atom. The van der Waals surface area contributed by atoms with Gasteiger partial charge in [-0.2, -0.15) is 0 Å². The molecule has 2 aliphatic heterocycles. The highest BCUT2D eigenvalue weighted by Crippen LogP contribution is 2.43. The second-order valence-corrected chi connectivity index (χ2v) is 30.9. The molecule has 8 amide bonds. The zero-order chi connectivity index (χ0) is 99.6. The van der Waals surface area contributed by atoms with Crippen LogP contribution in [0.15, 0.2) is 69.3 Å². The molecule has 61 heteroatoms. The van der Waals surface area contributed by atoms with Gasteiger partial charge in [-0.1, -0.05) is 0 Å². The Morgan fingerprint density at radius 1 is 0.458 bits per heavy atom. The van der Waals surface area contributed by atoms with E-state index in [-0.39, 0.29) is 45.9 Å². The number of hydrogen-bond donors (Lipinski definition) is 32. The van der Waals surface area contributed by atoms with Gasteiger partial charge in [0.2, 0.25) is 59.8 Å². The number of halogens is 1. The van der Waals surface area contributed by atoms with Crippen molar-refractivity contribution in [3.8, 4) is 28.7 Å². The summed E-state index contributed by atoms with van der Waals surface area (Å²) in [4.78, 5) is 217. The fraction of sp³-hybridized carbons (Fsp3) is 0.400. The normalized spacial score (nSPS) is 19.0. The number of carbonyl (C=O) groups excluding carboxylic acids is 9. The zero-order valence-electron chi connectivity index (χ0n) is 66.6. The van der Waals surface area contributed by atoms with Crippen LogP contribution < -0.4 is 70.8 Å². The Balaban J connectivity index is 0.000000478. The minimum absolute atomic E-state index is 0.251. The van der Waals surface area contributed by atoms with E-state index in [1.54, 1.807) is 12.1 Å². The highest BCUT2D eigenvalue weighted by Gasteiger charge is 2.50. The van der Waals surface area contributed by atoms with Crippen LogP contribution in [-0.2, 0) is 81.3 Å². The maximum absolute atomic E-state index is 12.6. The molecule has 0 spiro atoms. The molecule has 0 aromatic heterocycles. The molecular weight excluding hydrogens is 1950 g/mol. The average Bonchev–Trinajstić information content (AvgIpc) is 0.806. The molecule has 57 nitrogen and oxygen atoms in total. The number of aliphatic carboxylic acids is 8. The van der Waals surface area contributed by atoms with E-state index in [0.29, 0.717) is 46.5 Å². The minimum Gasteiger partial charge on any atom is -0.507 e. The highest BCUT2D eigenvalue weighted by molar-refractivity contribution is 14.1. The first-order valence-electron chi connectivity index (χ1n) is 36.4. The van der Waals surface area contributed by atoms with Gasteiger partial charge in [-0.3, -0.25) is 87.9 Å². The number of nitro groups is 1. The largest absolute Gasteiger partial charge is 0.507 e. The predicted octanol–water partition coefficient (Wildman–Crippen LogP) is -7.99. The summed E-state index contributed by atoms with van der Waals surface area (Å²) in [7, 11) is 0. The molecule has 720 valence electrons. The SMILES string of the molecule is NC(=O)c1cc(O)c(SCC(NC(=O)CCC(N)C(=O)O)C(=O)NCC(=O)O)c([N+](=O)[O-])c1.NC(=O)c1ccc(I)c(NO)c1.NC(CCC(=O)NC(CSc1c(O)cc(C(=O)O)cc1OC1OC(C(=O)O)[C@@H](O)[C@H](O)[C@H]1O)C(=O)NCC(=O)O)C(=O)O.NC(CCC(=O)NC(CSc1c(O)cc(C(=O)OC2OC(C(=O)O)[C@@H](O)[C@H](O)[C@H]2O)cc1O)C(=O)NCC(=O)O)C(=O)O. The Morgan fingerprint density at radius 2 is 0.809 bits per heavy atom. The number of carboxylic acids is 9. The van der Waals surface area contributed by atoms with E-state index >= 15 is 0 Å². The van der Waals surface area contributed by atoms with Crippen LogP contribution in [0.4, 0.5) is 11.4 Å². The number of amides is 8. The molecule has 37 N–H and O–H groups in total. The summed E-state index contributed by atoms with van der Waals surface area (Å²) in [6.45, 7) is -2.43. The molecule has 0 aliphatic carbocycles. The number of primary amides is 2. The van der Waals surface area contributed by atoms with Crippen molar-refractivity contribution in [1.29, 1.82) is 0 Å². The first-order valence-corrected chi connectivity index (χ1v) is 40.5. The zero-order valence-corrected chi connectivity index (χ0v) is 71.2. The predicted molar refractivity (Wildman–Crippen MR) is 440 cm³/mol. The Hall–Kier alpha value is -13.2. The van der Waals surface area contributed by atoms with Crippen molar-refractivity contribution in [3.63, 3.8) is 0 Å². The van der Waals surface area contributed by atoms with Gasteiger partial charge in [0.25, 0.3) is 5.69 Å². The number of aromatic hydroxyl groups is 4. The maximum atomic E-state index is 12.6. The second-order valence-electron chi connectivity index (χ2n) is 26.7. The molecular formula is C70H86IN13O44S3. The first kappa shape index (κ1) is 112. The van der Waals surface area contributed by atoms with E-state index < -0.39 is 305 Å². The van der Waals surface area contributed by atoms with Crippen LogP contribution >= 0.6 is 57.9 Å². The highest BCUT2D eigenvalue weighted by atomic mass is 127. The third kappa shape index (κ3) is 36.0. The number of rotatable bonds is 44. The lowest BCUT2D eigenvalue weighted by Gasteiger charge is -2.38. The van der Waals surface area contributed by atoms with Gasteiger partial charge in [-0.05, 0) is 90.4 Å². The van der Waals surface area contributed by atoms with E-state index in [2.05, 4.69) is 16.0 Å². The molecule has 4 aromatic carbocycles. The average molecular weight is 2040 g/mol. The third-order valence-electron chi connectivity index (χ3n) is 16.9. The van der Waals surface area contributed by atoms with Crippen molar-refractivity contribution in [2.45, 2.75) is 151 Å². The lowest BCUT2D eigenvalue weighted by Crippen LogP contribution is -2.61. The number of thioether (sulfide) groups is 3. The lowest BCUT2D eigenvalue weighted by molar-refractivity contribution is -0.387. The number of benzene rings is 4. The summed E-state index contributed by atoms with van der Waals surface area (Å²) in [6.07, 6.45) is -22.7. The standard InChI is InChI=1S/2C23H29N3O16S.C17H21N5O10S.C7H7IN2O2/c24-8(20(36)37)1-2-12(29)26-9(19(35)25-5-13(30)31)6-43-18-10(27)3-7(4-11(18)28)22(40)42-23-16(34)14(32)15(33)17(41-23)21(38)39;24-8(21(37)38)1-2-12(28)26-9(19(34)25-5-13(29)30)6-43-18-10(27)3-7(20(35)36)4-11(18)41-23-16(33)14(31)15(32)17(42-23)22(39)40;18-8(17(29)30)1-2-12(24)21-9(16(28)20-5-13(25)26)6-33-14-10(22(31)32)3-7(15(19)27)4-11(14)23;8-5-2-1-4(7(9)11)3-6(5)10-12/h3-4,8-9,14-17,23,27-28,32-34H,1-2,5-6,24H2,(H,25,35)(H,26,29)(H,30,31)(H,36,37)(H,38,39);3-4,8-9,14-17,23,27,31-33H,1-2,5-6,24H2,(H,25,34)(H,26,28)(H,29,30)(H,35,36)(H,37,38)(H,39,40);3-4,8-9,23H,1-2,5-6,18H2,(H2,19,27)(H,20,28)(H,21,24)(H,25,26)(H,29,30);1-3,10,12H,(H2,9,11)/t2*8?,9?,14-,15-,16+,17?,23?;;/m00../s1. The van der Waals surface area contributed by atoms with Crippen LogP contribution in [-0.4, -0.2) is 349 Å². The van der Waals surface area contributed by atoms with Crippen LogP contribution in [0.1, 0.15) is 80.0 Å². The summed E-state index contributed by atoms with van der Waals surface area (Å²) in [6, 6.07) is 1.22. The van der Waals surface area contributed by atoms with E-state index in [0.717, 1.165) is 40.0 Å². The number of carboxylic acid groups (broad SMARTS) is 9. The fourth-order valence-electron chi connectivity index (χ4n) is 10.1. The van der Waals surface area contributed by atoms with Crippen molar-refractivity contribution in [2.24, 2.45) is 28.7 Å². The number of aromatic carboxylic acids is 1. The molecule has 4 aromatic rings. The van der Waals surface area contributed by atoms with Crippen molar-refractivity contribution in [1.82, 2.24) is 31.9 Å². The molecule has 131 heavy (non-hydrogen) atoms. The lowest BCUT2D eigenvalue weighted by atomic mass is 9.99. The molecule has 0 radical (unpaired) electrons. The monoisotopic (exact) mass is 2040 g/mol. The van der Waals surface area contributed by atoms with Gasteiger partial charge in [0.1, 0.15) is 126 Å². The fourth-order valence-corrected chi connectivity index (χ4v) is 13.6. The Labute approximate surface area is 757 Å². The number of aliphatic hydroxyl groups excluding tert-OH is 6. The summed E-state index contributed by atoms with van der Waals surface area (Å²) in [5.74, 6) is -26.3. The Kier molecular flexibility index (Phi) is 45.4. The van der Waals surface area contributed by atoms with Gasteiger partial charge >= 0.3 is 59.7 Å². The van der Waals surface area contributed by atoms with Gasteiger partial charge < -0.3 is 177 Å². The van der Waals surface area contributed by atoms with Gasteiger partial charge in [0, 0.05) is 57.3 Å². The quantitative estimate of drug-likeness (QED) is 0.00643. The van der Waals surface area contributed by atoms with Crippen LogP contribution in [0.5, 0.6) is 28.7 Å². The van der Waals surface area contributed by atoms with Gasteiger partial charge in [0.05, 0.1) is 31.5 Å². The van der Waals surface area contributed by atoms with E-state index in [1.165, 1.54) is 6.07 Å². The van der Waals surface area contributed by atoms with Crippen LogP contribution in [0.3, 0.4) is 0 Å². The smallest absolute Gasteiger partial charge is 0.340 e. The van der Waals surface area contributed by atoms with Gasteiger partial charge in [-0.25, -0.2) is 19.2 Å². The topological polar surface area (TPSA) is 1010 Å². The Bertz CT molecular complexity index is 4880. The number of nitrogens with two attached hydrogens (primary N) is 5. The number of anilines is 1. The molecule has 2 heterocycles. The van der Waals surface area contributed by atoms with Gasteiger partial charge in [-0.15, -0.1) is 35.3 Å². The van der Waals surface area contributed by atoms with E-state index in [9.17, 15) is 158 Å². The number of esters is 1. The number of phenols is 4. The van der Waals surface area contributed by atoms with E-state index in [1.807, 2.05) is 44.0 Å². The molecule has 0 saturated carbocycles. The molecule has 0 bridgehead atoms. The van der Waals surface area contributed by atoms with Crippen molar-refractivity contribution in [3.05, 3.63) is 90.5 Å². The molecule has 10 unspecified atom stereocenters. The number of nitrogens with one attached hydrogen (secondary N) is 7. The first-order chi connectivity index (χ1) is 61.0. The van der Waals surface area contributed by atoms with Crippen LogP contribution in [0.25, 0.3) is 0 Å².